The number of rotatable bonds is 27. The SMILES string of the molecule is C=C(NCC(OC(F)(F)C(F)(OC)C(F)(F)F)C(F)(F)F)NC(C)COC(C)COCCOCC(C)NC(=O)NCC(OC(F)(F)C(F)(OCC(F)(F)F)C(F)(F)F)C(F)(F)F. The fourth-order valence-corrected chi connectivity index (χ4v) is 3.96. The van der Waals surface area contributed by atoms with Crippen LogP contribution in [0.5, 0.6) is 0 Å². The van der Waals surface area contributed by atoms with Gasteiger partial charge in [-0.3, -0.25) is 0 Å². The number of hydrogen-bond acceptors (Lipinski definition) is 10. The molecule has 33 heteroatoms. The van der Waals surface area contributed by atoms with Crippen LogP contribution in [0.1, 0.15) is 20.8 Å². The molecule has 0 fully saturated rings. The smallest absolute Gasteiger partial charge is 0.377 e. The lowest BCUT2D eigenvalue weighted by Gasteiger charge is -2.36. The lowest BCUT2D eigenvalue weighted by molar-refractivity contribution is -0.479. The molecule has 0 bridgehead atoms. The Morgan fingerprint density at radius 3 is 1.42 bits per heavy atom. The van der Waals surface area contributed by atoms with Crippen LogP contribution in [0.4, 0.5) is 97.0 Å². The van der Waals surface area contributed by atoms with E-state index >= 15 is 0 Å². The van der Waals surface area contributed by atoms with Gasteiger partial charge in [0.05, 0.1) is 64.1 Å². The maximum Gasteiger partial charge on any atom is 0.457 e. The van der Waals surface area contributed by atoms with Gasteiger partial charge in [0.2, 0.25) is 0 Å². The third-order valence-corrected chi connectivity index (χ3v) is 6.97. The van der Waals surface area contributed by atoms with Crippen molar-refractivity contribution in [3.8, 4) is 0 Å². The van der Waals surface area contributed by atoms with Crippen LogP contribution < -0.4 is 21.3 Å². The van der Waals surface area contributed by atoms with Gasteiger partial charge < -0.3 is 54.4 Å². The number of carbonyl (C=O) groups is 1. The highest BCUT2D eigenvalue weighted by molar-refractivity contribution is 5.74. The molecule has 0 aromatic heterocycles. The highest BCUT2D eigenvalue weighted by Gasteiger charge is 2.77. The molecule has 7 atom stereocenters. The molecule has 0 aromatic rings. The minimum Gasteiger partial charge on any atom is -0.377 e. The minimum atomic E-state index is -7.06. The number of nitrogens with one attached hydrogen (secondary N) is 4. The Balaban J connectivity index is 4.79. The van der Waals surface area contributed by atoms with E-state index in [2.05, 4.69) is 30.8 Å². The van der Waals surface area contributed by atoms with Crippen molar-refractivity contribution in [2.75, 3.05) is 59.8 Å². The number of hydrogen-bond donors (Lipinski definition) is 4. The van der Waals surface area contributed by atoms with E-state index in [1.807, 2.05) is 10.6 Å². The van der Waals surface area contributed by atoms with Gasteiger partial charge in [-0.2, -0.15) is 92.2 Å². The van der Waals surface area contributed by atoms with E-state index in [0.717, 1.165) is 0 Å². The summed E-state index contributed by atoms with van der Waals surface area (Å²) in [5.41, 5.74) is 0. The van der Waals surface area contributed by atoms with Crippen molar-refractivity contribution >= 4 is 6.03 Å². The van der Waals surface area contributed by atoms with Gasteiger partial charge in [-0.15, -0.1) is 0 Å². The van der Waals surface area contributed by atoms with Gasteiger partial charge in [0.1, 0.15) is 6.61 Å². The Morgan fingerprint density at radius 2 is 1.00 bits per heavy atom. The number of urea groups is 1. The summed E-state index contributed by atoms with van der Waals surface area (Å²) in [5.74, 6) is -13.2. The van der Waals surface area contributed by atoms with Crippen molar-refractivity contribution < 1.29 is 130 Å². The van der Waals surface area contributed by atoms with E-state index in [0.29, 0.717) is 0 Å². The topological polar surface area (TPSA) is 130 Å². The molecule has 0 rings (SSSR count). The first-order chi connectivity index (χ1) is 27.7. The van der Waals surface area contributed by atoms with Gasteiger partial charge in [0.25, 0.3) is 0 Å². The second kappa shape index (κ2) is 22.7. The standard InChI is InChI=1S/C29H39F21N4O8/c1-14(54-20(55)52-9-19(23(36,37)38)62-29(49,50)25(40,27(44,45)46)60-13-21(30,31)32)10-57-6-7-58-12-16(3)59-11-15(2)53-17(4)51-8-18(22(33,34)35)61-28(47,48)24(39,56-5)26(41,42)43/h14-16,18-19,51,53H,4,6-13H2,1-3,5H3,(H2,52,54,55). The van der Waals surface area contributed by atoms with Gasteiger partial charge in [0.15, 0.2) is 12.2 Å². The molecule has 2 amide bonds. The summed E-state index contributed by atoms with van der Waals surface area (Å²) >= 11 is 0. The quantitative estimate of drug-likeness (QED) is 0.0510. The average Bonchev–Trinajstić information content (AvgIpc) is 3.08. The fraction of sp³-hybridized carbons (Fsp3) is 0.897. The van der Waals surface area contributed by atoms with E-state index in [1.165, 1.54) is 26.1 Å². The third-order valence-electron chi connectivity index (χ3n) is 6.97. The number of ether oxygens (including phenoxy) is 7. The summed E-state index contributed by atoms with van der Waals surface area (Å²) in [6.45, 7) is -1.02. The van der Waals surface area contributed by atoms with E-state index in [1.54, 1.807) is 0 Å². The maximum atomic E-state index is 14.1. The third kappa shape index (κ3) is 18.9. The second-order valence-corrected chi connectivity index (χ2v) is 12.6. The van der Waals surface area contributed by atoms with Crippen molar-refractivity contribution in [1.82, 2.24) is 21.3 Å². The van der Waals surface area contributed by atoms with E-state index in [9.17, 15) is 97.0 Å². The first-order valence-electron chi connectivity index (χ1n) is 16.7. The van der Waals surface area contributed by atoms with Gasteiger partial charge in [0, 0.05) is 13.2 Å². The second-order valence-electron chi connectivity index (χ2n) is 12.6. The van der Waals surface area contributed by atoms with Crippen molar-refractivity contribution in [2.45, 2.75) is 106 Å². The van der Waals surface area contributed by atoms with Gasteiger partial charge in [-0.05, 0) is 20.8 Å². The average molecular weight is 971 g/mol. The number of amides is 2. The highest BCUT2D eigenvalue weighted by Crippen LogP contribution is 2.50. The van der Waals surface area contributed by atoms with Gasteiger partial charge >= 0.3 is 60.8 Å². The molecule has 0 radical (unpaired) electrons. The highest BCUT2D eigenvalue weighted by atomic mass is 19.4. The zero-order valence-corrected chi connectivity index (χ0v) is 32.0. The zero-order chi connectivity index (χ0) is 49.0. The van der Waals surface area contributed by atoms with E-state index in [-0.39, 0.29) is 33.5 Å². The molecule has 0 aliphatic carbocycles. The molecule has 4 N–H and O–H groups in total. The largest absolute Gasteiger partial charge is 0.457 e. The molecule has 0 aliphatic rings. The lowest BCUT2D eigenvalue weighted by Crippen LogP contribution is -2.62. The number of methoxy groups -OCH3 is 1. The number of alkyl halides is 21. The predicted molar refractivity (Wildman–Crippen MR) is 163 cm³/mol. The molecule has 7 unspecified atom stereocenters. The first kappa shape index (κ1) is 58.9. The predicted octanol–water partition coefficient (Wildman–Crippen LogP) is 6.91. The van der Waals surface area contributed by atoms with Crippen LogP contribution in [0.3, 0.4) is 0 Å². The summed E-state index contributed by atoms with van der Waals surface area (Å²) in [7, 11) is -0.173. The Kier molecular flexibility index (Phi) is 21.5. The molecular weight excluding hydrogens is 931 g/mol. The summed E-state index contributed by atoms with van der Waals surface area (Å²) in [6.07, 6.45) is -52.7. The molecule has 0 heterocycles. The van der Waals surface area contributed by atoms with Crippen LogP contribution in [0.2, 0.25) is 0 Å². The van der Waals surface area contributed by atoms with Crippen molar-refractivity contribution in [1.29, 1.82) is 0 Å². The van der Waals surface area contributed by atoms with Crippen LogP contribution in [-0.4, -0.2) is 151 Å². The monoisotopic (exact) mass is 970 g/mol. The molecule has 370 valence electrons. The van der Waals surface area contributed by atoms with Crippen molar-refractivity contribution in [3.63, 3.8) is 0 Å². The first-order valence-corrected chi connectivity index (χ1v) is 16.7. The Morgan fingerprint density at radius 1 is 0.581 bits per heavy atom. The van der Waals surface area contributed by atoms with Crippen LogP contribution in [0, 0.1) is 0 Å². The summed E-state index contributed by atoms with van der Waals surface area (Å²) in [6, 6.07) is -3.47. The maximum absolute atomic E-state index is 14.1. The molecular formula is C29H39F21N4O8. The Labute approximate surface area is 336 Å². The lowest BCUT2D eigenvalue weighted by atomic mass is 10.2. The van der Waals surface area contributed by atoms with Crippen LogP contribution in [0.25, 0.3) is 0 Å². The van der Waals surface area contributed by atoms with Crippen LogP contribution >= 0.6 is 0 Å². The van der Waals surface area contributed by atoms with Gasteiger partial charge in [-0.1, -0.05) is 6.58 Å². The van der Waals surface area contributed by atoms with Crippen LogP contribution in [0.15, 0.2) is 12.4 Å². The van der Waals surface area contributed by atoms with E-state index < -0.39 is 123 Å². The minimum absolute atomic E-state index is 0.151. The molecule has 62 heavy (non-hydrogen) atoms. The number of halogens is 21. The molecule has 12 nitrogen and oxygen atoms in total. The Hall–Kier alpha value is -3.14. The summed E-state index contributed by atoms with van der Waals surface area (Å²) < 4.78 is 305. The molecule has 0 saturated carbocycles. The van der Waals surface area contributed by atoms with Crippen LogP contribution in [-0.2, 0) is 33.2 Å². The zero-order valence-electron chi connectivity index (χ0n) is 32.0. The number of carbonyl (C=O) groups excluding carboxylic acids is 1. The van der Waals surface area contributed by atoms with E-state index in [4.69, 9.17) is 14.2 Å². The summed E-state index contributed by atoms with van der Waals surface area (Å²) in [4.78, 5) is 11.9. The Bertz CT molecular complexity index is 1370. The normalized spacial score (nSPS) is 18.1. The summed E-state index contributed by atoms with van der Waals surface area (Å²) in [5, 5.41) is 7.52. The molecule has 0 aromatic carbocycles. The van der Waals surface area contributed by atoms with Crippen molar-refractivity contribution in [3.05, 3.63) is 12.4 Å². The molecule has 0 spiro atoms. The van der Waals surface area contributed by atoms with Gasteiger partial charge in [-0.25, -0.2) is 4.79 Å². The molecule has 0 saturated heterocycles. The van der Waals surface area contributed by atoms with Crippen molar-refractivity contribution in [2.24, 2.45) is 0 Å². The molecule has 0 aliphatic heterocycles. The fourth-order valence-electron chi connectivity index (χ4n) is 3.96.